The maximum atomic E-state index is 12.2. The Morgan fingerprint density at radius 3 is 2.94 bits per heavy atom. The maximum absolute atomic E-state index is 12.2. The first-order valence-electron chi connectivity index (χ1n) is 6.28. The molecule has 0 unspecified atom stereocenters. The number of nitriles is 1. The number of nitrogens with zero attached hydrogens (tertiary/aromatic N) is 2. The molecule has 0 radical (unpaired) electrons. The summed E-state index contributed by atoms with van der Waals surface area (Å²) in [5.41, 5.74) is 0.828. The summed E-state index contributed by atoms with van der Waals surface area (Å²) in [6.45, 7) is 1.60. The Labute approximate surface area is 107 Å². The van der Waals surface area contributed by atoms with Gasteiger partial charge >= 0.3 is 0 Å². The van der Waals surface area contributed by atoms with Crippen LogP contribution in [-0.4, -0.2) is 29.9 Å². The zero-order valence-corrected chi connectivity index (χ0v) is 10.3. The minimum atomic E-state index is -0.0847. The van der Waals surface area contributed by atoms with Gasteiger partial charge in [0, 0.05) is 18.7 Å². The number of benzene rings is 1. The van der Waals surface area contributed by atoms with Gasteiger partial charge < -0.3 is 5.32 Å². The molecule has 0 aromatic heterocycles. The molecule has 1 heterocycles. The number of carbonyl (C=O) groups is 1. The van der Waals surface area contributed by atoms with E-state index in [1.165, 1.54) is 0 Å². The van der Waals surface area contributed by atoms with Crippen LogP contribution in [0.3, 0.4) is 0 Å². The van der Waals surface area contributed by atoms with E-state index in [0.29, 0.717) is 13.0 Å². The molecule has 2 rings (SSSR count). The first kappa shape index (κ1) is 12.6. The second-order valence-corrected chi connectivity index (χ2v) is 4.46. The van der Waals surface area contributed by atoms with Gasteiger partial charge in [0.1, 0.15) is 0 Å². The van der Waals surface area contributed by atoms with Gasteiger partial charge in [-0.1, -0.05) is 18.2 Å². The molecule has 1 amide bonds. The molecule has 1 fully saturated rings. The standard InChI is InChI=1S/C14H17N3O/c15-9-5-11-17-10-4-8-13(17)14(18)16-12-6-2-1-3-7-12/h1-3,6-7,13H,4-5,8,10-11H2,(H,16,18)/t13-/m1/s1. The number of hydrogen-bond acceptors (Lipinski definition) is 3. The van der Waals surface area contributed by atoms with Gasteiger partial charge in [-0.2, -0.15) is 5.26 Å². The molecule has 1 saturated heterocycles. The van der Waals surface area contributed by atoms with Crippen molar-refractivity contribution in [3.8, 4) is 6.07 Å². The zero-order chi connectivity index (χ0) is 12.8. The SMILES string of the molecule is N#CCCN1CCC[C@@H]1C(=O)Nc1ccccc1. The largest absolute Gasteiger partial charge is 0.325 e. The molecule has 1 N–H and O–H groups in total. The number of amides is 1. The fourth-order valence-corrected chi connectivity index (χ4v) is 2.33. The highest BCUT2D eigenvalue weighted by Crippen LogP contribution is 2.19. The minimum Gasteiger partial charge on any atom is -0.325 e. The molecule has 1 aromatic carbocycles. The van der Waals surface area contributed by atoms with E-state index in [9.17, 15) is 4.79 Å². The third-order valence-electron chi connectivity index (χ3n) is 3.22. The Kier molecular flexibility index (Phi) is 4.32. The summed E-state index contributed by atoms with van der Waals surface area (Å²) < 4.78 is 0. The minimum absolute atomic E-state index is 0.0386. The average molecular weight is 243 g/mol. The third kappa shape index (κ3) is 3.08. The number of nitrogens with one attached hydrogen (secondary N) is 1. The van der Waals surface area contributed by atoms with E-state index < -0.39 is 0 Å². The first-order chi connectivity index (χ1) is 8.81. The molecule has 18 heavy (non-hydrogen) atoms. The predicted molar refractivity (Wildman–Crippen MR) is 69.9 cm³/mol. The summed E-state index contributed by atoms with van der Waals surface area (Å²) in [5.74, 6) is 0.0386. The Balaban J connectivity index is 1.94. The summed E-state index contributed by atoms with van der Waals surface area (Å²) in [7, 11) is 0. The maximum Gasteiger partial charge on any atom is 0.241 e. The van der Waals surface area contributed by atoms with E-state index in [1.807, 2.05) is 30.3 Å². The lowest BCUT2D eigenvalue weighted by atomic mass is 10.2. The van der Waals surface area contributed by atoms with Crippen LogP contribution in [0.5, 0.6) is 0 Å². The van der Waals surface area contributed by atoms with Gasteiger partial charge in [-0.3, -0.25) is 9.69 Å². The molecule has 0 spiro atoms. The Morgan fingerprint density at radius 2 is 2.22 bits per heavy atom. The van der Waals surface area contributed by atoms with E-state index in [1.54, 1.807) is 0 Å². The number of rotatable bonds is 4. The molecule has 1 aromatic rings. The zero-order valence-electron chi connectivity index (χ0n) is 10.3. The molecular formula is C14H17N3O. The molecule has 0 saturated carbocycles. The highest BCUT2D eigenvalue weighted by Gasteiger charge is 2.30. The third-order valence-corrected chi connectivity index (χ3v) is 3.22. The van der Waals surface area contributed by atoms with Crippen molar-refractivity contribution in [3.63, 3.8) is 0 Å². The normalized spacial score (nSPS) is 19.4. The lowest BCUT2D eigenvalue weighted by Gasteiger charge is -2.22. The van der Waals surface area contributed by atoms with Crippen molar-refractivity contribution in [3.05, 3.63) is 30.3 Å². The van der Waals surface area contributed by atoms with Crippen molar-refractivity contribution in [1.82, 2.24) is 4.90 Å². The summed E-state index contributed by atoms with van der Waals surface area (Å²) in [5, 5.41) is 11.5. The lowest BCUT2D eigenvalue weighted by molar-refractivity contribution is -0.120. The van der Waals surface area contributed by atoms with Crippen molar-refractivity contribution in [1.29, 1.82) is 5.26 Å². The van der Waals surface area contributed by atoms with Crippen LogP contribution in [0, 0.1) is 11.3 Å². The van der Waals surface area contributed by atoms with E-state index in [-0.39, 0.29) is 11.9 Å². The molecule has 4 nitrogen and oxygen atoms in total. The molecule has 0 bridgehead atoms. The highest BCUT2D eigenvalue weighted by atomic mass is 16.2. The molecule has 1 atom stereocenters. The van der Waals surface area contributed by atoms with E-state index in [0.717, 1.165) is 25.1 Å². The number of likely N-dealkylation sites (tertiary alicyclic amines) is 1. The molecule has 94 valence electrons. The Bertz CT molecular complexity index is 438. The van der Waals surface area contributed by atoms with Crippen molar-refractivity contribution < 1.29 is 4.79 Å². The smallest absolute Gasteiger partial charge is 0.241 e. The molecule has 4 heteroatoms. The predicted octanol–water partition coefficient (Wildman–Crippen LogP) is 2.00. The summed E-state index contributed by atoms with van der Waals surface area (Å²) in [4.78, 5) is 14.3. The van der Waals surface area contributed by atoms with Crippen molar-refractivity contribution >= 4 is 11.6 Å². The van der Waals surface area contributed by atoms with E-state index in [2.05, 4.69) is 16.3 Å². The summed E-state index contributed by atoms with van der Waals surface area (Å²) in [6.07, 6.45) is 2.39. The van der Waals surface area contributed by atoms with E-state index >= 15 is 0 Å². The second kappa shape index (κ2) is 6.18. The molecule has 1 aliphatic heterocycles. The van der Waals surface area contributed by atoms with Crippen LogP contribution in [0.4, 0.5) is 5.69 Å². The topological polar surface area (TPSA) is 56.1 Å². The second-order valence-electron chi connectivity index (χ2n) is 4.46. The van der Waals surface area contributed by atoms with Gasteiger partial charge in [0.2, 0.25) is 5.91 Å². The van der Waals surface area contributed by atoms with Crippen LogP contribution in [0.2, 0.25) is 0 Å². The average Bonchev–Trinajstić information content (AvgIpc) is 2.86. The van der Waals surface area contributed by atoms with Gasteiger partial charge in [0.15, 0.2) is 0 Å². The molecular weight excluding hydrogens is 226 g/mol. The van der Waals surface area contributed by atoms with Crippen LogP contribution >= 0.6 is 0 Å². The first-order valence-corrected chi connectivity index (χ1v) is 6.28. The number of para-hydroxylation sites is 1. The van der Waals surface area contributed by atoms with Crippen molar-refractivity contribution in [2.75, 3.05) is 18.4 Å². The van der Waals surface area contributed by atoms with Gasteiger partial charge in [-0.15, -0.1) is 0 Å². The van der Waals surface area contributed by atoms with Crippen LogP contribution in [0.1, 0.15) is 19.3 Å². The van der Waals surface area contributed by atoms with Crippen molar-refractivity contribution in [2.45, 2.75) is 25.3 Å². The summed E-state index contributed by atoms with van der Waals surface area (Å²) >= 11 is 0. The van der Waals surface area contributed by atoms with Gasteiger partial charge in [0.25, 0.3) is 0 Å². The monoisotopic (exact) mass is 243 g/mol. The molecule has 0 aliphatic carbocycles. The van der Waals surface area contributed by atoms with Crippen LogP contribution < -0.4 is 5.32 Å². The number of anilines is 1. The number of carbonyl (C=O) groups excluding carboxylic acids is 1. The van der Waals surface area contributed by atoms with Gasteiger partial charge in [0.05, 0.1) is 12.1 Å². The number of hydrogen-bond donors (Lipinski definition) is 1. The van der Waals surface area contributed by atoms with Crippen molar-refractivity contribution in [2.24, 2.45) is 0 Å². The van der Waals surface area contributed by atoms with Crippen LogP contribution in [0.25, 0.3) is 0 Å². The fourth-order valence-electron chi connectivity index (χ4n) is 2.33. The Morgan fingerprint density at radius 1 is 1.44 bits per heavy atom. The molecule has 1 aliphatic rings. The van der Waals surface area contributed by atoms with Crippen LogP contribution in [-0.2, 0) is 4.79 Å². The highest BCUT2D eigenvalue weighted by molar-refractivity contribution is 5.94. The Hall–Kier alpha value is -1.86. The van der Waals surface area contributed by atoms with Crippen LogP contribution in [0.15, 0.2) is 30.3 Å². The fraction of sp³-hybridized carbons (Fsp3) is 0.429. The quantitative estimate of drug-likeness (QED) is 0.880. The van der Waals surface area contributed by atoms with Gasteiger partial charge in [-0.25, -0.2) is 0 Å². The van der Waals surface area contributed by atoms with E-state index in [4.69, 9.17) is 5.26 Å². The van der Waals surface area contributed by atoms with Gasteiger partial charge in [-0.05, 0) is 31.5 Å². The summed E-state index contributed by atoms with van der Waals surface area (Å²) in [6, 6.07) is 11.5. The lowest BCUT2D eigenvalue weighted by Crippen LogP contribution is -2.40.